The molecule has 6 rings (SSSR count). The van der Waals surface area contributed by atoms with E-state index in [0.717, 1.165) is 35.6 Å². The molecule has 2 fully saturated rings. The van der Waals surface area contributed by atoms with Crippen molar-refractivity contribution in [2.24, 2.45) is 0 Å². The van der Waals surface area contributed by atoms with E-state index >= 15 is 0 Å². The minimum atomic E-state index is -2.88. The molecule has 43 heavy (non-hydrogen) atoms. The van der Waals surface area contributed by atoms with Crippen molar-refractivity contribution in [1.29, 1.82) is 0 Å². The van der Waals surface area contributed by atoms with E-state index in [2.05, 4.69) is 30.7 Å². The number of alkyl halides is 2. The Hall–Kier alpha value is -4.62. The first-order valence-corrected chi connectivity index (χ1v) is 14.1. The third-order valence-corrected chi connectivity index (χ3v) is 7.74. The predicted octanol–water partition coefficient (Wildman–Crippen LogP) is 2.90. The molecule has 0 aliphatic carbocycles. The van der Waals surface area contributed by atoms with E-state index in [0.29, 0.717) is 49.8 Å². The average Bonchev–Trinajstić information content (AvgIpc) is 3.46. The van der Waals surface area contributed by atoms with Crippen molar-refractivity contribution in [3.05, 3.63) is 72.2 Å². The van der Waals surface area contributed by atoms with Gasteiger partial charge < -0.3 is 30.5 Å². The minimum absolute atomic E-state index is 0.0586. The fourth-order valence-electron chi connectivity index (χ4n) is 5.49. The van der Waals surface area contributed by atoms with Gasteiger partial charge in [0.25, 0.3) is 5.91 Å². The Morgan fingerprint density at radius 3 is 2.49 bits per heavy atom. The molecular formula is C30H32F2N8O3. The first-order chi connectivity index (χ1) is 20.9. The SMILES string of the molecule is Cc1cc(Nc2nccn3c(-c4ccc(OC(F)F)cc4)cnc23)ccc1C(=O)N1CCN(C(=O)[C@H]2CNCCN2)CC1. The van der Waals surface area contributed by atoms with Crippen LogP contribution in [0.1, 0.15) is 15.9 Å². The van der Waals surface area contributed by atoms with Crippen molar-refractivity contribution in [2.45, 2.75) is 19.6 Å². The molecule has 4 heterocycles. The maximum absolute atomic E-state index is 13.4. The highest BCUT2D eigenvalue weighted by atomic mass is 19.3. The summed E-state index contributed by atoms with van der Waals surface area (Å²) in [4.78, 5) is 38.8. The highest BCUT2D eigenvalue weighted by molar-refractivity contribution is 5.96. The van der Waals surface area contributed by atoms with Crippen LogP contribution in [0.2, 0.25) is 0 Å². The number of piperazine rings is 2. The summed E-state index contributed by atoms with van der Waals surface area (Å²) in [5, 5.41) is 9.80. The molecule has 0 bridgehead atoms. The molecule has 2 saturated heterocycles. The summed E-state index contributed by atoms with van der Waals surface area (Å²) < 4.78 is 31.3. The van der Waals surface area contributed by atoms with Gasteiger partial charge in [0.05, 0.1) is 17.9 Å². The largest absolute Gasteiger partial charge is 0.435 e. The summed E-state index contributed by atoms with van der Waals surface area (Å²) in [6.45, 7) is 3.25. The zero-order valence-corrected chi connectivity index (χ0v) is 23.6. The Morgan fingerprint density at radius 1 is 1.02 bits per heavy atom. The Balaban J connectivity index is 1.12. The summed E-state index contributed by atoms with van der Waals surface area (Å²) in [5.41, 5.74) is 4.28. The number of rotatable bonds is 7. The van der Waals surface area contributed by atoms with Gasteiger partial charge in [0.2, 0.25) is 5.91 Å². The van der Waals surface area contributed by atoms with Crippen molar-refractivity contribution in [3.63, 3.8) is 0 Å². The maximum atomic E-state index is 13.4. The number of anilines is 2. The van der Waals surface area contributed by atoms with E-state index < -0.39 is 6.61 Å². The number of benzene rings is 2. The number of carbonyl (C=O) groups is 2. The quantitative estimate of drug-likeness (QED) is 0.301. The number of aromatic nitrogens is 3. The molecule has 224 valence electrons. The zero-order chi connectivity index (χ0) is 29.9. The Morgan fingerprint density at radius 2 is 1.79 bits per heavy atom. The number of hydrogen-bond donors (Lipinski definition) is 3. The van der Waals surface area contributed by atoms with Gasteiger partial charge in [-0.25, -0.2) is 9.97 Å². The number of amides is 2. The highest BCUT2D eigenvalue weighted by Crippen LogP contribution is 2.28. The van der Waals surface area contributed by atoms with Crippen molar-refractivity contribution < 1.29 is 23.1 Å². The lowest BCUT2D eigenvalue weighted by atomic mass is 10.1. The number of ether oxygens (including phenoxy) is 1. The summed E-state index contributed by atoms with van der Waals surface area (Å²) in [7, 11) is 0. The van der Waals surface area contributed by atoms with Crippen LogP contribution in [0.15, 0.2) is 61.1 Å². The molecule has 13 heteroatoms. The molecule has 0 radical (unpaired) electrons. The van der Waals surface area contributed by atoms with Crippen LogP contribution in [0.4, 0.5) is 20.3 Å². The fraction of sp³-hybridized carbons (Fsp3) is 0.333. The van der Waals surface area contributed by atoms with E-state index in [4.69, 9.17) is 0 Å². The number of nitrogens with zero attached hydrogens (tertiary/aromatic N) is 5. The van der Waals surface area contributed by atoms with E-state index in [1.807, 2.05) is 28.4 Å². The third-order valence-electron chi connectivity index (χ3n) is 7.74. The van der Waals surface area contributed by atoms with Gasteiger partial charge in [-0.05, 0) is 55.0 Å². The molecule has 0 unspecified atom stereocenters. The van der Waals surface area contributed by atoms with Gasteiger partial charge in [-0.2, -0.15) is 8.78 Å². The summed E-state index contributed by atoms with van der Waals surface area (Å²) in [5.74, 6) is 0.623. The first kappa shape index (κ1) is 28.5. The second kappa shape index (κ2) is 12.3. The monoisotopic (exact) mass is 590 g/mol. The van der Waals surface area contributed by atoms with Crippen LogP contribution in [0.5, 0.6) is 5.75 Å². The number of fused-ring (bicyclic) bond motifs is 1. The topological polar surface area (TPSA) is 116 Å². The van der Waals surface area contributed by atoms with E-state index in [9.17, 15) is 18.4 Å². The van der Waals surface area contributed by atoms with Crippen molar-refractivity contribution in [2.75, 3.05) is 51.1 Å². The number of imidazole rings is 1. The van der Waals surface area contributed by atoms with Crippen LogP contribution in [-0.2, 0) is 4.79 Å². The van der Waals surface area contributed by atoms with Gasteiger partial charge in [-0.1, -0.05) is 0 Å². The Kier molecular flexibility index (Phi) is 8.16. The molecular weight excluding hydrogens is 558 g/mol. The molecule has 2 aliphatic rings. The van der Waals surface area contributed by atoms with Gasteiger partial charge in [0.15, 0.2) is 11.5 Å². The Bertz CT molecular complexity index is 1610. The third kappa shape index (κ3) is 6.13. The van der Waals surface area contributed by atoms with Gasteiger partial charge in [-0.3, -0.25) is 14.0 Å². The molecule has 0 spiro atoms. The molecule has 11 nitrogen and oxygen atoms in total. The number of halogens is 2. The van der Waals surface area contributed by atoms with E-state index in [1.54, 1.807) is 41.7 Å². The predicted molar refractivity (Wildman–Crippen MR) is 157 cm³/mol. The molecule has 3 N–H and O–H groups in total. The second-order valence-electron chi connectivity index (χ2n) is 10.5. The van der Waals surface area contributed by atoms with Crippen LogP contribution in [0.3, 0.4) is 0 Å². The number of carbonyl (C=O) groups excluding carboxylic acids is 2. The molecule has 4 aromatic rings. The number of nitrogens with one attached hydrogen (secondary N) is 3. The van der Waals surface area contributed by atoms with Crippen molar-refractivity contribution in [3.8, 4) is 17.0 Å². The standard InChI is InChI=1S/C30H32F2N8O3/c1-19-16-21(4-7-23(19)28(41)38-12-14-39(15-13-38)29(42)24-17-33-8-9-34-24)37-26-27-36-18-25(40(27)11-10-35-26)20-2-5-22(6-3-20)43-30(31)32/h2-7,10-11,16,18,24,30,33-34H,8-9,12-15,17H2,1H3,(H,35,37)/t24-/m1/s1. The van der Waals surface area contributed by atoms with Crippen LogP contribution in [0.25, 0.3) is 16.9 Å². The van der Waals surface area contributed by atoms with Crippen molar-refractivity contribution >= 4 is 29.0 Å². The maximum Gasteiger partial charge on any atom is 0.387 e. The first-order valence-electron chi connectivity index (χ1n) is 14.1. The molecule has 2 aromatic heterocycles. The van der Waals surface area contributed by atoms with Crippen LogP contribution in [0, 0.1) is 6.92 Å². The van der Waals surface area contributed by atoms with Crippen LogP contribution >= 0.6 is 0 Å². The number of hydrogen-bond acceptors (Lipinski definition) is 8. The van der Waals surface area contributed by atoms with Gasteiger partial charge in [0.1, 0.15) is 5.75 Å². The fourth-order valence-corrected chi connectivity index (χ4v) is 5.49. The second-order valence-corrected chi connectivity index (χ2v) is 10.5. The molecule has 2 aromatic carbocycles. The van der Waals surface area contributed by atoms with E-state index in [1.165, 1.54) is 12.1 Å². The summed E-state index contributed by atoms with van der Waals surface area (Å²) in [6.07, 6.45) is 5.11. The van der Waals surface area contributed by atoms with Crippen molar-refractivity contribution in [1.82, 2.24) is 34.8 Å². The molecule has 2 amide bonds. The average molecular weight is 591 g/mol. The lowest BCUT2D eigenvalue weighted by molar-refractivity contribution is -0.135. The molecule has 1 atom stereocenters. The molecule has 2 aliphatic heterocycles. The van der Waals surface area contributed by atoms with Gasteiger partial charge in [-0.15, -0.1) is 0 Å². The smallest absolute Gasteiger partial charge is 0.387 e. The van der Waals surface area contributed by atoms with Gasteiger partial charge in [0, 0.05) is 75.0 Å². The zero-order valence-electron chi connectivity index (χ0n) is 23.6. The normalized spacial score (nSPS) is 17.3. The summed E-state index contributed by atoms with van der Waals surface area (Å²) >= 11 is 0. The lowest BCUT2D eigenvalue weighted by Crippen LogP contribution is -2.60. The lowest BCUT2D eigenvalue weighted by Gasteiger charge is -2.37. The Labute approximate surface area is 246 Å². The van der Waals surface area contributed by atoms with Crippen LogP contribution in [-0.4, -0.2) is 94.4 Å². The minimum Gasteiger partial charge on any atom is -0.435 e. The molecule has 0 saturated carbocycles. The van der Waals surface area contributed by atoms with E-state index in [-0.39, 0.29) is 23.6 Å². The van der Waals surface area contributed by atoms with Crippen LogP contribution < -0.4 is 20.7 Å². The highest BCUT2D eigenvalue weighted by Gasteiger charge is 2.30. The number of aryl methyl sites for hydroxylation is 1. The summed E-state index contributed by atoms with van der Waals surface area (Å²) in [6, 6.07) is 11.7. The van der Waals surface area contributed by atoms with Gasteiger partial charge >= 0.3 is 6.61 Å².